The molecule has 104 valence electrons. The molecule has 0 unspecified atom stereocenters. The third-order valence-electron chi connectivity index (χ3n) is 4.13. The fourth-order valence-corrected chi connectivity index (χ4v) is 3.72. The average molecular weight is 271 g/mol. The maximum atomic E-state index is 11.9. The summed E-state index contributed by atoms with van der Waals surface area (Å²) in [6.45, 7) is 3.43. The van der Waals surface area contributed by atoms with E-state index in [0.717, 1.165) is 25.7 Å². The van der Waals surface area contributed by atoms with Crippen LogP contribution >= 0.6 is 0 Å². The van der Waals surface area contributed by atoms with Gasteiger partial charge < -0.3 is 0 Å². The molecule has 1 aliphatic rings. The van der Waals surface area contributed by atoms with E-state index in [9.17, 15) is 13.7 Å². The van der Waals surface area contributed by atoms with Gasteiger partial charge in [0.1, 0.15) is 0 Å². The summed E-state index contributed by atoms with van der Waals surface area (Å²) in [6, 6.07) is 2.43. The number of sulfone groups is 1. The molecular formula is C14H25NO2S. The fraction of sp³-hybridized carbons (Fsp3) is 0.929. The molecule has 0 aromatic rings. The summed E-state index contributed by atoms with van der Waals surface area (Å²) in [7, 11) is -3.02. The monoisotopic (exact) mass is 271 g/mol. The van der Waals surface area contributed by atoms with Crippen LogP contribution in [0.2, 0.25) is 0 Å². The third kappa shape index (κ3) is 4.28. The predicted molar refractivity (Wildman–Crippen MR) is 73.9 cm³/mol. The van der Waals surface area contributed by atoms with Crippen LogP contribution < -0.4 is 0 Å². The Morgan fingerprint density at radius 1 is 1.11 bits per heavy atom. The Morgan fingerprint density at radius 3 is 2.06 bits per heavy atom. The van der Waals surface area contributed by atoms with Crippen LogP contribution in [-0.4, -0.2) is 19.4 Å². The molecule has 0 spiro atoms. The van der Waals surface area contributed by atoms with Crippen LogP contribution in [0.4, 0.5) is 0 Å². The number of nitrogens with zero attached hydrogens (tertiary/aromatic N) is 1. The minimum Gasteiger partial charge on any atom is -0.229 e. The molecular weight excluding hydrogens is 246 g/mol. The van der Waals surface area contributed by atoms with Gasteiger partial charge in [-0.15, -0.1) is 0 Å². The Morgan fingerprint density at radius 2 is 1.61 bits per heavy atom. The van der Waals surface area contributed by atoms with Gasteiger partial charge in [0, 0.05) is 0 Å². The zero-order chi connectivity index (χ0) is 13.6. The SMILES string of the molecule is CC(C)S(=O)(=O)CCC1(C#N)CCCCCCC1. The molecule has 4 heteroatoms. The van der Waals surface area contributed by atoms with Crippen LogP contribution in [-0.2, 0) is 9.84 Å². The van der Waals surface area contributed by atoms with E-state index in [0.29, 0.717) is 6.42 Å². The van der Waals surface area contributed by atoms with Crippen LogP contribution in [0.3, 0.4) is 0 Å². The molecule has 1 fully saturated rings. The summed E-state index contributed by atoms with van der Waals surface area (Å²) in [6.07, 6.45) is 8.01. The summed E-state index contributed by atoms with van der Waals surface area (Å²) in [5.41, 5.74) is -0.387. The molecule has 0 amide bonds. The molecule has 1 rings (SSSR count). The first-order chi connectivity index (χ1) is 8.42. The maximum absolute atomic E-state index is 11.9. The molecule has 0 saturated heterocycles. The Kier molecular flexibility index (Phi) is 5.65. The lowest BCUT2D eigenvalue weighted by Crippen LogP contribution is -2.26. The summed E-state index contributed by atoms with van der Waals surface area (Å²) in [5, 5.41) is 9.12. The Hall–Kier alpha value is -0.560. The number of hydrogen-bond acceptors (Lipinski definition) is 3. The second-order valence-corrected chi connectivity index (χ2v) is 8.50. The Bertz CT molecular complexity index is 385. The molecule has 0 N–H and O–H groups in total. The highest BCUT2D eigenvalue weighted by Crippen LogP contribution is 2.37. The van der Waals surface area contributed by atoms with Gasteiger partial charge in [0.2, 0.25) is 0 Å². The Balaban J connectivity index is 2.67. The van der Waals surface area contributed by atoms with Crippen LogP contribution in [0.15, 0.2) is 0 Å². The second-order valence-electron chi connectivity index (χ2n) is 5.83. The highest BCUT2D eigenvalue weighted by Gasteiger charge is 2.32. The van der Waals surface area contributed by atoms with Crippen molar-refractivity contribution < 1.29 is 8.42 Å². The molecule has 0 heterocycles. The maximum Gasteiger partial charge on any atom is 0.152 e. The van der Waals surface area contributed by atoms with E-state index in [-0.39, 0.29) is 16.4 Å². The number of nitriles is 1. The van der Waals surface area contributed by atoms with Gasteiger partial charge in [0.05, 0.1) is 22.5 Å². The molecule has 0 bridgehead atoms. The largest absolute Gasteiger partial charge is 0.229 e. The van der Waals surface area contributed by atoms with E-state index in [4.69, 9.17) is 0 Å². The predicted octanol–water partition coefficient (Wildman–Crippen LogP) is 3.45. The zero-order valence-electron chi connectivity index (χ0n) is 11.6. The number of rotatable bonds is 4. The van der Waals surface area contributed by atoms with E-state index in [1.54, 1.807) is 13.8 Å². The molecule has 3 nitrogen and oxygen atoms in total. The van der Waals surface area contributed by atoms with Crippen molar-refractivity contribution in [3.05, 3.63) is 0 Å². The smallest absolute Gasteiger partial charge is 0.152 e. The molecule has 0 aliphatic heterocycles. The van der Waals surface area contributed by atoms with Gasteiger partial charge in [-0.25, -0.2) is 8.42 Å². The highest BCUT2D eigenvalue weighted by atomic mass is 32.2. The quantitative estimate of drug-likeness (QED) is 0.786. The molecule has 0 radical (unpaired) electrons. The fourth-order valence-electron chi connectivity index (χ4n) is 2.57. The lowest BCUT2D eigenvalue weighted by atomic mass is 9.75. The lowest BCUT2D eigenvalue weighted by Gasteiger charge is -2.28. The van der Waals surface area contributed by atoms with Crippen molar-refractivity contribution >= 4 is 9.84 Å². The molecule has 1 aliphatic carbocycles. The van der Waals surface area contributed by atoms with Gasteiger partial charge in [-0.3, -0.25) is 0 Å². The minimum absolute atomic E-state index is 0.165. The normalized spacial score (nSPS) is 21.0. The standard InChI is InChI=1S/C14H25NO2S/c1-13(2)18(16,17)11-10-14(12-15)8-6-4-3-5-7-9-14/h13H,3-11H2,1-2H3. The van der Waals surface area contributed by atoms with Gasteiger partial charge in [0.25, 0.3) is 0 Å². The van der Waals surface area contributed by atoms with Gasteiger partial charge in [-0.2, -0.15) is 5.26 Å². The van der Waals surface area contributed by atoms with E-state index >= 15 is 0 Å². The van der Waals surface area contributed by atoms with E-state index in [1.807, 2.05) is 0 Å². The lowest BCUT2D eigenvalue weighted by molar-refractivity contribution is 0.280. The van der Waals surface area contributed by atoms with Crippen molar-refractivity contribution in [1.82, 2.24) is 0 Å². The highest BCUT2D eigenvalue weighted by molar-refractivity contribution is 7.91. The van der Waals surface area contributed by atoms with Crippen molar-refractivity contribution in [3.63, 3.8) is 0 Å². The molecule has 0 aromatic carbocycles. The van der Waals surface area contributed by atoms with Gasteiger partial charge >= 0.3 is 0 Å². The van der Waals surface area contributed by atoms with Gasteiger partial charge in [-0.05, 0) is 33.1 Å². The first-order valence-corrected chi connectivity index (χ1v) is 8.76. The average Bonchev–Trinajstić information content (AvgIpc) is 2.28. The number of hydrogen-bond donors (Lipinski definition) is 0. The summed E-state index contributed by atoms with van der Waals surface area (Å²) in [5.74, 6) is 0.165. The van der Waals surface area contributed by atoms with E-state index in [2.05, 4.69) is 6.07 Å². The van der Waals surface area contributed by atoms with Crippen LogP contribution in [0.25, 0.3) is 0 Å². The van der Waals surface area contributed by atoms with Gasteiger partial charge in [0.15, 0.2) is 9.84 Å². The van der Waals surface area contributed by atoms with Crippen molar-refractivity contribution in [2.75, 3.05) is 5.75 Å². The van der Waals surface area contributed by atoms with Gasteiger partial charge in [-0.1, -0.05) is 32.1 Å². The van der Waals surface area contributed by atoms with E-state index < -0.39 is 9.84 Å². The first kappa shape index (κ1) is 15.5. The second kappa shape index (κ2) is 6.56. The topological polar surface area (TPSA) is 57.9 Å². The summed E-state index contributed by atoms with van der Waals surface area (Å²) in [4.78, 5) is 0. The summed E-state index contributed by atoms with van der Waals surface area (Å²) < 4.78 is 23.8. The van der Waals surface area contributed by atoms with Crippen molar-refractivity contribution in [3.8, 4) is 6.07 Å². The van der Waals surface area contributed by atoms with Crippen LogP contribution in [0.1, 0.15) is 65.2 Å². The van der Waals surface area contributed by atoms with Crippen LogP contribution in [0.5, 0.6) is 0 Å². The molecule has 18 heavy (non-hydrogen) atoms. The van der Waals surface area contributed by atoms with E-state index in [1.165, 1.54) is 19.3 Å². The van der Waals surface area contributed by atoms with Crippen molar-refractivity contribution in [2.24, 2.45) is 5.41 Å². The summed E-state index contributed by atoms with van der Waals surface area (Å²) >= 11 is 0. The minimum atomic E-state index is -3.02. The van der Waals surface area contributed by atoms with Crippen LogP contribution in [0, 0.1) is 16.7 Å². The molecule has 1 saturated carbocycles. The zero-order valence-corrected chi connectivity index (χ0v) is 12.4. The Labute approximate surface area is 111 Å². The molecule has 0 atom stereocenters. The third-order valence-corrected chi connectivity index (χ3v) is 6.34. The van der Waals surface area contributed by atoms with Crippen molar-refractivity contribution in [2.45, 2.75) is 70.5 Å². The first-order valence-electron chi connectivity index (χ1n) is 7.05. The molecule has 0 aromatic heterocycles. The van der Waals surface area contributed by atoms with Crippen molar-refractivity contribution in [1.29, 1.82) is 5.26 Å².